The number of carbonyl (C=O) groups is 3. The summed E-state index contributed by atoms with van der Waals surface area (Å²) in [6.07, 6.45) is 1.20. The van der Waals surface area contributed by atoms with Gasteiger partial charge in [-0.3, -0.25) is 14.4 Å². The minimum absolute atomic E-state index is 0.0362. The molecule has 2 aliphatic rings. The fourth-order valence-corrected chi connectivity index (χ4v) is 5.69. The van der Waals surface area contributed by atoms with Crippen LogP contribution in [0.15, 0.2) is 30.3 Å². The number of ether oxygens (including phenoxy) is 1. The second-order valence-electron chi connectivity index (χ2n) is 7.70. The van der Waals surface area contributed by atoms with Crippen molar-refractivity contribution in [1.82, 2.24) is 10.2 Å². The summed E-state index contributed by atoms with van der Waals surface area (Å²) in [5, 5.41) is 2.62. The maximum atomic E-state index is 13.0. The van der Waals surface area contributed by atoms with Crippen molar-refractivity contribution in [3.05, 3.63) is 35.9 Å². The Balaban J connectivity index is 1.65. The van der Waals surface area contributed by atoms with Gasteiger partial charge in [0.25, 0.3) is 5.91 Å². The van der Waals surface area contributed by atoms with Crippen LogP contribution >= 0.6 is 0 Å². The molecule has 0 bridgehead atoms. The Labute approximate surface area is 170 Å². The number of hydrogen-bond donors (Lipinski definition) is 1. The van der Waals surface area contributed by atoms with Crippen LogP contribution in [0.3, 0.4) is 0 Å². The summed E-state index contributed by atoms with van der Waals surface area (Å²) in [4.78, 5) is 38.5. The van der Waals surface area contributed by atoms with E-state index < -0.39 is 39.8 Å². The number of carbonyl (C=O) groups excluding carboxylic acids is 3. The molecule has 0 aromatic heterocycles. The molecular formula is C20H26N2O6S. The van der Waals surface area contributed by atoms with Crippen molar-refractivity contribution >= 4 is 27.6 Å². The molecule has 0 radical (unpaired) electrons. The van der Waals surface area contributed by atoms with Gasteiger partial charge in [-0.25, -0.2) is 8.42 Å². The Kier molecular flexibility index (Phi) is 6.26. The van der Waals surface area contributed by atoms with E-state index in [-0.39, 0.29) is 17.4 Å². The highest BCUT2D eigenvalue weighted by Crippen LogP contribution is 2.37. The molecule has 2 amide bonds. The van der Waals surface area contributed by atoms with Crippen molar-refractivity contribution in [3.63, 3.8) is 0 Å². The minimum atomic E-state index is -3.10. The van der Waals surface area contributed by atoms with Crippen molar-refractivity contribution in [3.8, 4) is 0 Å². The second-order valence-corrected chi connectivity index (χ2v) is 9.93. The minimum Gasteiger partial charge on any atom is -0.455 e. The summed E-state index contributed by atoms with van der Waals surface area (Å²) < 4.78 is 28.4. The Morgan fingerprint density at radius 3 is 2.38 bits per heavy atom. The first-order valence-electron chi connectivity index (χ1n) is 9.70. The average molecular weight is 423 g/mol. The molecule has 1 aromatic rings. The largest absolute Gasteiger partial charge is 0.455 e. The first-order valence-corrected chi connectivity index (χ1v) is 11.5. The lowest BCUT2D eigenvalue weighted by Gasteiger charge is -2.40. The third kappa shape index (κ3) is 4.95. The lowest BCUT2D eigenvalue weighted by Crippen LogP contribution is -2.50. The number of sulfone groups is 1. The molecular weight excluding hydrogens is 396 g/mol. The molecule has 2 fully saturated rings. The van der Waals surface area contributed by atoms with Gasteiger partial charge in [-0.15, -0.1) is 0 Å². The first kappa shape index (κ1) is 21.3. The van der Waals surface area contributed by atoms with Crippen LogP contribution in [0.4, 0.5) is 0 Å². The quantitative estimate of drug-likeness (QED) is 0.689. The molecule has 0 aliphatic carbocycles. The number of rotatable bonds is 5. The summed E-state index contributed by atoms with van der Waals surface area (Å²) >= 11 is 0. The van der Waals surface area contributed by atoms with Gasteiger partial charge in [0.15, 0.2) is 16.4 Å². The lowest BCUT2D eigenvalue weighted by molar-refractivity contribution is -0.157. The number of amides is 2. The fraction of sp³-hybridized carbons (Fsp3) is 0.550. The van der Waals surface area contributed by atoms with Gasteiger partial charge in [0, 0.05) is 26.1 Å². The molecule has 0 unspecified atom stereocenters. The molecule has 2 heterocycles. The Bertz CT molecular complexity index is 875. The first-order chi connectivity index (χ1) is 13.7. The SMILES string of the molecule is CC(=O)N1CCC(C(=O)OCC(=O)N[C@H]2CCS(=O)(=O)C2)(c2ccccc2)CC1. The highest BCUT2D eigenvalue weighted by atomic mass is 32.2. The van der Waals surface area contributed by atoms with Crippen LogP contribution in [0.1, 0.15) is 31.7 Å². The molecule has 0 saturated carbocycles. The van der Waals surface area contributed by atoms with Gasteiger partial charge >= 0.3 is 5.97 Å². The molecule has 9 heteroatoms. The summed E-state index contributed by atoms with van der Waals surface area (Å²) in [5.41, 5.74) is -0.111. The van der Waals surface area contributed by atoms with Crippen LogP contribution in [0, 0.1) is 0 Å². The monoisotopic (exact) mass is 422 g/mol. The summed E-state index contributed by atoms with van der Waals surface area (Å²) in [7, 11) is -3.10. The van der Waals surface area contributed by atoms with E-state index in [2.05, 4.69) is 5.32 Å². The van der Waals surface area contributed by atoms with Crippen molar-refractivity contribution in [2.45, 2.75) is 37.6 Å². The van der Waals surface area contributed by atoms with E-state index in [4.69, 9.17) is 4.74 Å². The van der Waals surface area contributed by atoms with Gasteiger partial charge in [-0.1, -0.05) is 30.3 Å². The van der Waals surface area contributed by atoms with Crippen LogP contribution in [-0.2, 0) is 34.4 Å². The fourth-order valence-electron chi connectivity index (χ4n) is 4.02. The highest BCUT2D eigenvalue weighted by molar-refractivity contribution is 7.91. The zero-order chi connectivity index (χ0) is 21.1. The molecule has 2 aliphatic heterocycles. The van der Waals surface area contributed by atoms with E-state index in [1.807, 2.05) is 30.3 Å². The summed E-state index contributed by atoms with van der Waals surface area (Å²) in [6.45, 7) is 1.92. The molecule has 1 aromatic carbocycles. The summed E-state index contributed by atoms with van der Waals surface area (Å²) in [5.74, 6) is -1.07. The predicted molar refractivity (Wildman–Crippen MR) is 106 cm³/mol. The van der Waals surface area contributed by atoms with E-state index in [0.717, 1.165) is 5.56 Å². The topological polar surface area (TPSA) is 110 Å². The van der Waals surface area contributed by atoms with E-state index in [1.165, 1.54) is 6.92 Å². The smallest absolute Gasteiger partial charge is 0.317 e. The Morgan fingerprint density at radius 2 is 1.83 bits per heavy atom. The molecule has 2 saturated heterocycles. The zero-order valence-electron chi connectivity index (χ0n) is 16.4. The molecule has 1 atom stereocenters. The molecule has 158 valence electrons. The number of hydrogen-bond acceptors (Lipinski definition) is 6. The number of likely N-dealkylation sites (tertiary alicyclic amines) is 1. The number of piperidine rings is 1. The normalized spacial score (nSPS) is 22.7. The number of benzene rings is 1. The van der Waals surface area contributed by atoms with Crippen LogP contribution in [0.2, 0.25) is 0 Å². The highest BCUT2D eigenvalue weighted by Gasteiger charge is 2.45. The number of nitrogens with one attached hydrogen (secondary N) is 1. The molecule has 8 nitrogen and oxygen atoms in total. The third-order valence-electron chi connectivity index (χ3n) is 5.71. The number of nitrogens with zero attached hydrogens (tertiary/aromatic N) is 1. The van der Waals surface area contributed by atoms with Crippen molar-refractivity contribution in [2.24, 2.45) is 0 Å². The van der Waals surface area contributed by atoms with Gasteiger partial charge in [0.1, 0.15) is 0 Å². The van der Waals surface area contributed by atoms with E-state index in [1.54, 1.807) is 4.90 Å². The van der Waals surface area contributed by atoms with Crippen molar-refractivity contribution in [2.75, 3.05) is 31.2 Å². The average Bonchev–Trinajstić information content (AvgIpc) is 3.04. The van der Waals surface area contributed by atoms with E-state index >= 15 is 0 Å². The van der Waals surface area contributed by atoms with Gasteiger partial charge in [0.2, 0.25) is 5.91 Å². The van der Waals surface area contributed by atoms with Gasteiger partial charge in [-0.2, -0.15) is 0 Å². The van der Waals surface area contributed by atoms with Crippen molar-refractivity contribution in [1.29, 1.82) is 0 Å². The molecule has 3 rings (SSSR count). The standard InChI is InChI=1S/C20H26N2O6S/c1-15(23)22-10-8-20(9-11-22,16-5-3-2-4-6-16)19(25)28-13-18(24)21-17-7-12-29(26,27)14-17/h2-6,17H,7-14H2,1H3,(H,21,24)/t17-/m0/s1. The number of esters is 1. The summed E-state index contributed by atoms with van der Waals surface area (Å²) in [6, 6.07) is 8.82. The molecule has 0 spiro atoms. The van der Waals surface area contributed by atoms with Crippen LogP contribution in [0.25, 0.3) is 0 Å². The zero-order valence-corrected chi connectivity index (χ0v) is 17.2. The van der Waals surface area contributed by atoms with Crippen LogP contribution in [-0.4, -0.2) is 68.3 Å². The molecule has 1 N–H and O–H groups in total. The van der Waals surface area contributed by atoms with E-state index in [9.17, 15) is 22.8 Å². The lowest BCUT2D eigenvalue weighted by atomic mass is 9.72. The van der Waals surface area contributed by atoms with Crippen LogP contribution < -0.4 is 5.32 Å². The van der Waals surface area contributed by atoms with Gasteiger partial charge < -0.3 is 15.0 Å². The second kappa shape index (κ2) is 8.52. The van der Waals surface area contributed by atoms with E-state index in [0.29, 0.717) is 32.4 Å². The third-order valence-corrected chi connectivity index (χ3v) is 7.48. The molecule has 29 heavy (non-hydrogen) atoms. The maximum Gasteiger partial charge on any atom is 0.317 e. The Morgan fingerprint density at radius 1 is 1.17 bits per heavy atom. The van der Waals surface area contributed by atoms with Gasteiger partial charge in [-0.05, 0) is 24.8 Å². The maximum absolute atomic E-state index is 13.0. The van der Waals surface area contributed by atoms with Crippen LogP contribution in [0.5, 0.6) is 0 Å². The van der Waals surface area contributed by atoms with Crippen molar-refractivity contribution < 1.29 is 27.5 Å². The Hall–Kier alpha value is -2.42. The van der Waals surface area contributed by atoms with Gasteiger partial charge in [0.05, 0.1) is 16.9 Å². The predicted octanol–water partition coefficient (Wildman–Crippen LogP) is 0.413.